The summed E-state index contributed by atoms with van der Waals surface area (Å²) in [4.78, 5) is 28.3. The summed E-state index contributed by atoms with van der Waals surface area (Å²) < 4.78 is 29.4. The van der Waals surface area contributed by atoms with Crippen LogP contribution in [0.2, 0.25) is 5.02 Å². The van der Waals surface area contributed by atoms with Gasteiger partial charge in [0.1, 0.15) is 12.6 Å². The van der Waals surface area contributed by atoms with Crippen molar-refractivity contribution in [1.82, 2.24) is 10.2 Å². The van der Waals surface area contributed by atoms with Crippen LogP contribution in [0.1, 0.15) is 32.8 Å². The number of carbonyl (C=O) groups is 2. The molecule has 1 N–H and O–H groups in total. The molecule has 0 fully saturated rings. The number of hydrogen-bond donors (Lipinski definition) is 1. The van der Waals surface area contributed by atoms with Gasteiger partial charge in [-0.1, -0.05) is 64.8 Å². The Bertz CT molecular complexity index is 1340. The Morgan fingerprint density at radius 1 is 0.947 bits per heavy atom. The molecule has 0 spiro atoms. The fourth-order valence-electron chi connectivity index (χ4n) is 3.69. The number of hydrogen-bond acceptors (Lipinski definition) is 4. The van der Waals surface area contributed by atoms with E-state index in [1.54, 1.807) is 37.3 Å². The minimum atomic E-state index is -4.13. The predicted octanol–water partition coefficient (Wildman–Crippen LogP) is 5.63. The predicted molar refractivity (Wildman–Crippen MR) is 154 cm³/mol. The van der Waals surface area contributed by atoms with Crippen molar-refractivity contribution in [3.05, 3.63) is 93.9 Å². The number of benzene rings is 3. The molecule has 0 aromatic heterocycles. The molecule has 2 amide bonds. The van der Waals surface area contributed by atoms with Gasteiger partial charge in [0.05, 0.1) is 10.6 Å². The average Bonchev–Trinajstić information content (AvgIpc) is 2.91. The van der Waals surface area contributed by atoms with E-state index in [4.69, 9.17) is 11.6 Å². The van der Waals surface area contributed by atoms with E-state index in [1.807, 2.05) is 38.1 Å². The van der Waals surface area contributed by atoms with E-state index in [0.717, 1.165) is 20.8 Å². The van der Waals surface area contributed by atoms with Gasteiger partial charge < -0.3 is 10.2 Å². The molecule has 202 valence electrons. The molecule has 3 aromatic carbocycles. The zero-order valence-electron chi connectivity index (χ0n) is 21.5. The molecule has 3 rings (SSSR count). The second kappa shape index (κ2) is 13.3. The first-order valence-electron chi connectivity index (χ1n) is 12.2. The maximum atomic E-state index is 13.8. The van der Waals surface area contributed by atoms with E-state index >= 15 is 0 Å². The van der Waals surface area contributed by atoms with Crippen molar-refractivity contribution in [3.63, 3.8) is 0 Å². The van der Waals surface area contributed by atoms with Crippen molar-refractivity contribution in [1.29, 1.82) is 0 Å². The summed E-state index contributed by atoms with van der Waals surface area (Å²) in [6.45, 7) is 5.13. The zero-order chi connectivity index (χ0) is 27.9. The summed E-state index contributed by atoms with van der Waals surface area (Å²) in [5.74, 6) is -0.822. The molecule has 0 radical (unpaired) electrons. The smallest absolute Gasteiger partial charge is 0.264 e. The van der Waals surface area contributed by atoms with E-state index in [2.05, 4.69) is 21.2 Å². The molecule has 0 aliphatic rings. The van der Waals surface area contributed by atoms with Gasteiger partial charge in [0.15, 0.2) is 0 Å². The maximum Gasteiger partial charge on any atom is 0.264 e. The van der Waals surface area contributed by atoms with E-state index in [9.17, 15) is 18.0 Å². The maximum absolute atomic E-state index is 13.8. The highest BCUT2D eigenvalue weighted by molar-refractivity contribution is 9.10. The van der Waals surface area contributed by atoms with Crippen molar-refractivity contribution in [3.8, 4) is 0 Å². The number of nitrogens with zero attached hydrogens (tertiary/aromatic N) is 2. The highest BCUT2D eigenvalue weighted by Gasteiger charge is 2.32. The van der Waals surface area contributed by atoms with Gasteiger partial charge in [0, 0.05) is 22.1 Å². The second-order valence-electron chi connectivity index (χ2n) is 8.94. The lowest BCUT2D eigenvalue weighted by Crippen LogP contribution is -2.52. The Balaban J connectivity index is 1.99. The summed E-state index contributed by atoms with van der Waals surface area (Å²) in [6, 6.07) is 20.7. The van der Waals surface area contributed by atoms with E-state index in [-0.39, 0.29) is 23.4 Å². The van der Waals surface area contributed by atoms with Gasteiger partial charge in [-0.2, -0.15) is 0 Å². The Kier molecular flexibility index (Phi) is 10.4. The summed E-state index contributed by atoms with van der Waals surface area (Å²) in [6.07, 6.45) is 0.736. The standard InChI is InChI=1S/C28H31BrClN3O4S/c1-4-20(2)31-28(35)21(3)32(18-22-10-12-23(29)13-11-22)27(34)19-33(25-8-6-5-7-9-25)38(36,37)26-16-14-24(30)15-17-26/h5-17,20-21H,4,18-19H2,1-3H3,(H,31,35)/t20-,21-/m0/s1. The topological polar surface area (TPSA) is 86.8 Å². The van der Waals surface area contributed by atoms with Crippen molar-refractivity contribution < 1.29 is 18.0 Å². The molecule has 0 aliphatic carbocycles. The van der Waals surface area contributed by atoms with Gasteiger partial charge in [-0.25, -0.2) is 8.42 Å². The lowest BCUT2D eigenvalue weighted by atomic mass is 10.1. The Morgan fingerprint density at radius 2 is 1.55 bits per heavy atom. The summed E-state index contributed by atoms with van der Waals surface area (Å²) in [5, 5.41) is 3.32. The summed E-state index contributed by atoms with van der Waals surface area (Å²) >= 11 is 9.38. The lowest BCUT2D eigenvalue weighted by molar-refractivity contribution is -0.139. The quantitative estimate of drug-likeness (QED) is 0.301. The SMILES string of the molecule is CC[C@H](C)NC(=O)[C@H](C)N(Cc1ccc(Br)cc1)C(=O)CN(c1ccccc1)S(=O)(=O)c1ccc(Cl)cc1. The van der Waals surface area contributed by atoms with Crippen LogP contribution in [-0.4, -0.2) is 43.8 Å². The van der Waals surface area contributed by atoms with Crippen LogP contribution in [0.3, 0.4) is 0 Å². The van der Waals surface area contributed by atoms with Crippen molar-refractivity contribution >= 4 is 55.1 Å². The molecule has 38 heavy (non-hydrogen) atoms. The molecule has 0 heterocycles. The number of rotatable bonds is 11. The molecule has 2 atom stereocenters. The number of sulfonamides is 1. The first-order valence-corrected chi connectivity index (χ1v) is 14.8. The van der Waals surface area contributed by atoms with Crippen molar-refractivity contribution in [2.24, 2.45) is 0 Å². The molecule has 0 aliphatic heterocycles. The third-order valence-corrected chi connectivity index (χ3v) is 8.73. The molecule has 7 nitrogen and oxygen atoms in total. The van der Waals surface area contributed by atoms with E-state index in [1.165, 1.54) is 29.2 Å². The minimum Gasteiger partial charge on any atom is -0.352 e. The monoisotopic (exact) mass is 619 g/mol. The molecular formula is C28H31BrClN3O4S. The van der Waals surface area contributed by atoms with Crippen LogP contribution < -0.4 is 9.62 Å². The molecule has 10 heteroatoms. The van der Waals surface area contributed by atoms with Crippen molar-refractivity contribution in [2.45, 2.75) is 50.7 Å². The Hall–Kier alpha value is -2.88. The third kappa shape index (κ3) is 7.58. The fraction of sp³-hybridized carbons (Fsp3) is 0.286. The number of nitrogens with one attached hydrogen (secondary N) is 1. The van der Waals surface area contributed by atoms with Gasteiger partial charge in [-0.3, -0.25) is 13.9 Å². The zero-order valence-corrected chi connectivity index (χ0v) is 24.6. The van der Waals surface area contributed by atoms with Crippen LogP contribution in [0, 0.1) is 0 Å². The van der Waals surface area contributed by atoms with E-state index < -0.39 is 28.5 Å². The second-order valence-corrected chi connectivity index (χ2v) is 12.2. The molecule has 0 saturated carbocycles. The van der Waals surface area contributed by atoms with Gasteiger partial charge >= 0.3 is 0 Å². The minimum absolute atomic E-state index is 0.000532. The van der Waals surface area contributed by atoms with Crippen LogP contribution in [0.25, 0.3) is 0 Å². The molecule has 0 saturated heterocycles. The number of carbonyl (C=O) groups excluding carboxylic acids is 2. The van der Waals surface area contributed by atoms with Crippen LogP contribution in [0.4, 0.5) is 5.69 Å². The highest BCUT2D eigenvalue weighted by atomic mass is 79.9. The van der Waals surface area contributed by atoms with Crippen LogP contribution in [0.15, 0.2) is 88.2 Å². The number of halogens is 2. The Morgan fingerprint density at radius 3 is 2.13 bits per heavy atom. The molecule has 0 unspecified atom stereocenters. The highest BCUT2D eigenvalue weighted by Crippen LogP contribution is 2.25. The van der Waals surface area contributed by atoms with Gasteiger partial charge in [0.2, 0.25) is 11.8 Å². The largest absolute Gasteiger partial charge is 0.352 e. The average molecular weight is 621 g/mol. The van der Waals surface area contributed by atoms with Crippen molar-refractivity contribution in [2.75, 3.05) is 10.8 Å². The summed E-state index contributed by atoms with van der Waals surface area (Å²) in [7, 11) is -4.13. The molecule has 0 bridgehead atoms. The third-order valence-electron chi connectivity index (χ3n) is 6.16. The Labute approximate surface area is 238 Å². The first-order chi connectivity index (χ1) is 18.0. The van der Waals surface area contributed by atoms with Crippen LogP contribution in [0.5, 0.6) is 0 Å². The van der Waals surface area contributed by atoms with E-state index in [0.29, 0.717) is 10.7 Å². The number of amides is 2. The van der Waals surface area contributed by atoms with Gasteiger partial charge in [-0.05, 0) is 74.4 Å². The number of anilines is 1. The summed E-state index contributed by atoms with van der Waals surface area (Å²) in [5.41, 5.74) is 1.13. The van der Waals surface area contributed by atoms with Crippen LogP contribution >= 0.6 is 27.5 Å². The molecular weight excluding hydrogens is 590 g/mol. The fourth-order valence-corrected chi connectivity index (χ4v) is 5.50. The van der Waals surface area contributed by atoms with Gasteiger partial charge in [-0.15, -0.1) is 0 Å². The number of para-hydroxylation sites is 1. The first kappa shape index (κ1) is 29.7. The molecule has 3 aromatic rings. The van der Waals surface area contributed by atoms with Gasteiger partial charge in [0.25, 0.3) is 10.0 Å². The lowest BCUT2D eigenvalue weighted by Gasteiger charge is -2.32. The van der Waals surface area contributed by atoms with Crippen LogP contribution in [-0.2, 0) is 26.2 Å². The normalized spacial score (nSPS) is 12.9.